The Kier molecular flexibility index (Phi) is 3.55. The molecule has 0 saturated carbocycles. The Morgan fingerprint density at radius 2 is 2.31 bits per heavy atom. The summed E-state index contributed by atoms with van der Waals surface area (Å²) in [6, 6.07) is 1.48. The van der Waals surface area contributed by atoms with Crippen LogP contribution in [0.15, 0.2) is 17.1 Å². The molecule has 0 fully saturated rings. The first-order valence-corrected chi connectivity index (χ1v) is 4.56. The maximum Gasteiger partial charge on any atom is 0.223 e. The van der Waals surface area contributed by atoms with Crippen molar-refractivity contribution in [2.75, 3.05) is 6.61 Å². The summed E-state index contributed by atoms with van der Waals surface area (Å²) in [5.74, 6) is 0.455. The smallest absolute Gasteiger partial charge is 0.223 e. The molecule has 0 amide bonds. The minimum absolute atomic E-state index is 0.0487. The van der Waals surface area contributed by atoms with Crippen LogP contribution in [0.4, 0.5) is 0 Å². The highest BCUT2D eigenvalue weighted by Gasteiger charge is 2.02. The molecule has 13 heavy (non-hydrogen) atoms. The summed E-state index contributed by atoms with van der Waals surface area (Å²) in [4.78, 5) is 14.2. The fourth-order valence-electron chi connectivity index (χ4n) is 1.07. The third-order valence-electron chi connectivity index (χ3n) is 1.84. The molecule has 0 aliphatic heterocycles. The van der Waals surface area contributed by atoms with Gasteiger partial charge in [0.1, 0.15) is 0 Å². The third kappa shape index (κ3) is 2.61. The standard InChI is InChI=1S/C10H15NO2/c1-3-4-7-13-10-8(2)11-6-5-9(10)12/h5-6H,3-4,7H2,1-2H3,(H,11,12). The number of aromatic amines is 1. The van der Waals surface area contributed by atoms with E-state index in [-0.39, 0.29) is 5.43 Å². The SMILES string of the molecule is CCCCOc1c(C)[nH]ccc1=O. The van der Waals surface area contributed by atoms with E-state index in [0.717, 1.165) is 18.5 Å². The first-order valence-electron chi connectivity index (χ1n) is 4.56. The normalized spacial score (nSPS) is 10.0. The van der Waals surface area contributed by atoms with E-state index < -0.39 is 0 Å². The van der Waals surface area contributed by atoms with E-state index >= 15 is 0 Å². The van der Waals surface area contributed by atoms with E-state index in [4.69, 9.17) is 4.74 Å². The molecule has 0 aromatic carbocycles. The lowest BCUT2D eigenvalue weighted by Gasteiger charge is -2.06. The van der Waals surface area contributed by atoms with E-state index in [1.807, 2.05) is 6.92 Å². The lowest BCUT2D eigenvalue weighted by atomic mass is 10.3. The van der Waals surface area contributed by atoms with Gasteiger partial charge in [-0.2, -0.15) is 0 Å². The van der Waals surface area contributed by atoms with Crippen LogP contribution in [0.1, 0.15) is 25.5 Å². The van der Waals surface area contributed by atoms with E-state index in [2.05, 4.69) is 11.9 Å². The molecule has 1 aromatic rings. The predicted molar refractivity (Wildman–Crippen MR) is 52.2 cm³/mol. The molecule has 3 nitrogen and oxygen atoms in total. The van der Waals surface area contributed by atoms with Crippen LogP contribution >= 0.6 is 0 Å². The molecule has 1 N–H and O–H groups in total. The van der Waals surface area contributed by atoms with Gasteiger partial charge in [0.25, 0.3) is 0 Å². The zero-order valence-electron chi connectivity index (χ0n) is 8.09. The van der Waals surface area contributed by atoms with Crippen molar-refractivity contribution in [3.8, 4) is 5.75 Å². The molecule has 0 radical (unpaired) electrons. The second-order valence-corrected chi connectivity index (χ2v) is 3.00. The maximum absolute atomic E-state index is 11.3. The molecule has 1 heterocycles. The summed E-state index contributed by atoms with van der Waals surface area (Å²) in [5, 5.41) is 0. The highest BCUT2D eigenvalue weighted by atomic mass is 16.5. The predicted octanol–water partition coefficient (Wildman–Crippen LogP) is 1.86. The number of hydrogen-bond donors (Lipinski definition) is 1. The fraction of sp³-hybridized carbons (Fsp3) is 0.500. The third-order valence-corrected chi connectivity index (χ3v) is 1.84. The van der Waals surface area contributed by atoms with Crippen molar-refractivity contribution < 1.29 is 4.74 Å². The van der Waals surface area contributed by atoms with Gasteiger partial charge in [0, 0.05) is 12.3 Å². The van der Waals surface area contributed by atoms with Gasteiger partial charge < -0.3 is 9.72 Å². The Morgan fingerprint density at radius 1 is 1.54 bits per heavy atom. The summed E-state index contributed by atoms with van der Waals surface area (Å²) in [5.41, 5.74) is 0.746. The van der Waals surface area contributed by atoms with Gasteiger partial charge in [-0.05, 0) is 13.3 Å². The second kappa shape index (κ2) is 4.70. The highest BCUT2D eigenvalue weighted by molar-refractivity contribution is 5.25. The van der Waals surface area contributed by atoms with Gasteiger partial charge in [-0.3, -0.25) is 4.79 Å². The zero-order valence-corrected chi connectivity index (χ0v) is 8.09. The largest absolute Gasteiger partial charge is 0.488 e. The minimum Gasteiger partial charge on any atom is -0.488 e. The Bertz CT molecular complexity index is 317. The number of pyridine rings is 1. The molecular weight excluding hydrogens is 166 g/mol. The number of rotatable bonds is 4. The van der Waals surface area contributed by atoms with Crippen LogP contribution in [0.5, 0.6) is 5.75 Å². The molecule has 0 aliphatic rings. The number of hydrogen-bond acceptors (Lipinski definition) is 2. The van der Waals surface area contributed by atoms with Crippen LogP contribution in [0.25, 0.3) is 0 Å². The monoisotopic (exact) mass is 181 g/mol. The quantitative estimate of drug-likeness (QED) is 0.720. The minimum atomic E-state index is -0.0487. The van der Waals surface area contributed by atoms with E-state index in [1.165, 1.54) is 6.07 Å². The number of aryl methyl sites for hydroxylation is 1. The zero-order chi connectivity index (χ0) is 9.68. The number of H-pyrrole nitrogens is 1. The van der Waals surface area contributed by atoms with Gasteiger partial charge in [0.2, 0.25) is 5.43 Å². The topological polar surface area (TPSA) is 42.1 Å². The van der Waals surface area contributed by atoms with Crippen LogP contribution in [0.2, 0.25) is 0 Å². The van der Waals surface area contributed by atoms with Crippen LogP contribution in [-0.2, 0) is 0 Å². The summed E-state index contributed by atoms with van der Waals surface area (Å²) in [6.45, 7) is 4.54. The molecule has 1 rings (SSSR count). The Hall–Kier alpha value is -1.25. The van der Waals surface area contributed by atoms with Crippen molar-refractivity contribution in [1.29, 1.82) is 0 Å². The molecule has 0 saturated heterocycles. The van der Waals surface area contributed by atoms with Crippen LogP contribution in [-0.4, -0.2) is 11.6 Å². The van der Waals surface area contributed by atoms with Gasteiger partial charge in [-0.25, -0.2) is 0 Å². The summed E-state index contributed by atoms with van der Waals surface area (Å²) < 4.78 is 5.36. The van der Waals surface area contributed by atoms with E-state index in [9.17, 15) is 4.79 Å². The molecular formula is C10H15NO2. The molecule has 0 spiro atoms. The lowest BCUT2D eigenvalue weighted by molar-refractivity contribution is 0.303. The Labute approximate surface area is 77.8 Å². The van der Waals surface area contributed by atoms with Gasteiger partial charge in [0.05, 0.1) is 12.3 Å². The molecule has 0 atom stereocenters. The molecule has 0 unspecified atom stereocenters. The summed E-state index contributed by atoms with van der Waals surface area (Å²) >= 11 is 0. The molecule has 72 valence electrons. The lowest BCUT2D eigenvalue weighted by Crippen LogP contribution is -2.10. The molecule has 0 aliphatic carbocycles. The van der Waals surface area contributed by atoms with Crippen molar-refractivity contribution >= 4 is 0 Å². The van der Waals surface area contributed by atoms with Crippen molar-refractivity contribution in [3.63, 3.8) is 0 Å². The maximum atomic E-state index is 11.3. The average molecular weight is 181 g/mol. The summed E-state index contributed by atoms with van der Waals surface area (Å²) in [6.07, 6.45) is 3.68. The van der Waals surface area contributed by atoms with Crippen molar-refractivity contribution in [2.45, 2.75) is 26.7 Å². The van der Waals surface area contributed by atoms with Crippen LogP contribution in [0, 0.1) is 6.92 Å². The highest BCUT2D eigenvalue weighted by Crippen LogP contribution is 2.07. The number of nitrogens with one attached hydrogen (secondary N) is 1. The number of aromatic nitrogens is 1. The summed E-state index contributed by atoms with van der Waals surface area (Å²) in [7, 11) is 0. The van der Waals surface area contributed by atoms with Crippen molar-refractivity contribution in [3.05, 3.63) is 28.2 Å². The van der Waals surface area contributed by atoms with Crippen molar-refractivity contribution in [1.82, 2.24) is 4.98 Å². The first kappa shape index (κ1) is 9.84. The van der Waals surface area contributed by atoms with Crippen molar-refractivity contribution in [2.24, 2.45) is 0 Å². The van der Waals surface area contributed by atoms with Gasteiger partial charge >= 0.3 is 0 Å². The van der Waals surface area contributed by atoms with Crippen LogP contribution in [0.3, 0.4) is 0 Å². The van der Waals surface area contributed by atoms with E-state index in [0.29, 0.717) is 12.4 Å². The Balaban J connectivity index is 2.70. The fourth-order valence-corrected chi connectivity index (χ4v) is 1.07. The van der Waals surface area contributed by atoms with Gasteiger partial charge in [0.15, 0.2) is 5.75 Å². The van der Waals surface area contributed by atoms with E-state index in [1.54, 1.807) is 6.20 Å². The molecule has 1 aromatic heterocycles. The first-order chi connectivity index (χ1) is 6.25. The van der Waals surface area contributed by atoms with Crippen LogP contribution < -0.4 is 10.2 Å². The van der Waals surface area contributed by atoms with Gasteiger partial charge in [-0.1, -0.05) is 13.3 Å². The number of unbranched alkanes of at least 4 members (excludes halogenated alkanes) is 1. The Morgan fingerprint density at radius 3 is 2.92 bits per heavy atom. The van der Waals surface area contributed by atoms with Gasteiger partial charge in [-0.15, -0.1) is 0 Å². The second-order valence-electron chi connectivity index (χ2n) is 3.00. The molecule has 0 bridgehead atoms. The molecule has 3 heteroatoms. The number of ether oxygens (including phenoxy) is 1. The average Bonchev–Trinajstić information content (AvgIpc) is 2.10.